The molecule has 1 aliphatic rings. The standard InChI is InChI=1S/C11H20N2/c1-4-9-13(10(2)3)11-5-7-12-8-6-11/h1,10-12H,5-9H2,2-3H3. The minimum absolute atomic E-state index is 0.569. The van der Waals surface area contributed by atoms with Crippen molar-refractivity contribution in [3.8, 4) is 12.3 Å². The fourth-order valence-corrected chi connectivity index (χ4v) is 1.98. The third-order valence-corrected chi connectivity index (χ3v) is 2.71. The predicted molar refractivity (Wildman–Crippen MR) is 56.6 cm³/mol. The van der Waals surface area contributed by atoms with E-state index in [0.717, 1.165) is 19.6 Å². The van der Waals surface area contributed by atoms with Crippen LogP contribution in [0.1, 0.15) is 26.7 Å². The zero-order chi connectivity index (χ0) is 9.68. The Morgan fingerprint density at radius 3 is 2.54 bits per heavy atom. The van der Waals surface area contributed by atoms with Crippen LogP contribution in [0.4, 0.5) is 0 Å². The van der Waals surface area contributed by atoms with E-state index >= 15 is 0 Å². The Morgan fingerprint density at radius 2 is 2.08 bits per heavy atom. The van der Waals surface area contributed by atoms with Crippen LogP contribution in [0.3, 0.4) is 0 Å². The molecule has 2 nitrogen and oxygen atoms in total. The average Bonchev–Trinajstić information content (AvgIpc) is 2.15. The highest BCUT2D eigenvalue weighted by Crippen LogP contribution is 2.14. The van der Waals surface area contributed by atoms with Gasteiger partial charge in [-0.05, 0) is 39.8 Å². The van der Waals surface area contributed by atoms with Gasteiger partial charge in [0.05, 0.1) is 6.54 Å². The molecule has 0 aliphatic carbocycles. The van der Waals surface area contributed by atoms with E-state index in [1.54, 1.807) is 0 Å². The van der Waals surface area contributed by atoms with Gasteiger partial charge in [-0.25, -0.2) is 0 Å². The second-order valence-electron chi connectivity index (χ2n) is 3.95. The number of terminal acetylenes is 1. The predicted octanol–water partition coefficient (Wildman–Crippen LogP) is 1.08. The summed E-state index contributed by atoms with van der Waals surface area (Å²) in [5.41, 5.74) is 0. The van der Waals surface area contributed by atoms with E-state index in [9.17, 15) is 0 Å². The molecule has 0 unspecified atom stereocenters. The first-order valence-electron chi connectivity index (χ1n) is 5.15. The Labute approximate surface area is 81.7 Å². The topological polar surface area (TPSA) is 15.3 Å². The molecule has 74 valence electrons. The first kappa shape index (κ1) is 10.6. The molecular weight excluding hydrogens is 160 g/mol. The molecule has 1 saturated heterocycles. The minimum atomic E-state index is 0.569. The maximum absolute atomic E-state index is 5.37. The molecule has 1 aliphatic heterocycles. The van der Waals surface area contributed by atoms with Crippen LogP contribution in [-0.4, -0.2) is 36.6 Å². The summed E-state index contributed by atoms with van der Waals surface area (Å²) in [5.74, 6) is 2.75. The molecular formula is C11H20N2. The minimum Gasteiger partial charge on any atom is -0.317 e. The van der Waals surface area contributed by atoms with Crippen LogP contribution in [-0.2, 0) is 0 Å². The van der Waals surface area contributed by atoms with E-state index in [1.165, 1.54) is 12.8 Å². The average molecular weight is 180 g/mol. The van der Waals surface area contributed by atoms with E-state index < -0.39 is 0 Å². The zero-order valence-corrected chi connectivity index (χ0v) is 8.71. The molecule has 0 radical (unpaired) electrons. The van der Waals surface area contributed by atoms with Crippen LogP contribution >= 0.6 is 0 Å². The molecule has 13 heavy (non-hydrogen) atoms. The highest BCUT2D eigenvalue weighted by atomic mass is 15.2. The maximum Gasteiger partial charge on any atom is 0.0603 e. The number of rotatable bonds is 3. The smallest absolute Gasteiger partial charge is 0.0603 e. The second kappa shape index (κ2) is 5.26. The third kappa shape index (κ3) is 3.02. The van der Waals surface area contributed by atoms with Gasteiger partial charge in [0.2, 0.25) is 0 Å². The Bertz CT molecular complexity index is 175. The molecule has 0 aromatic carbocycles. The molecule has 1 rings (SSSR count). The zero-order valence-electron chi connectivity index (χ0n) is 8.71. The quantitative estimate of drug-likeness (QED) is 0.654. The first-order chi connectivity index (χ1) is 6.25. The summed E-state index contributed by atoms with van der Waals surface area (Å²) in [6.45, 7) is 7.51. The number of nitrogens with one attached hydrogen (secondary N) is 1. The molecule has 0 atom stereocenters. The van der Waals surface area contributed by atoms with Crippen LogP contribution in [0.15, 0.2) is 0 Å². The van der Waals surface area contributed by atoms with Crippen molar-refractivity contribution in [2.45, 2.75) is 38.8 Å². The third-order valence-electron chi connectivity index (χ3n) is 2.71. The normalized spacial score (nSPS) is 19.3. The summed E-state index contributed by atoms with van der Waals surface area (Å²) >= 11 is 0. The van der Waals surface area contributed by atoms with Gasteiger partial charge in [-0.15, -0.1) is 6.42 Å². The molecule has 0 aromatic rings. The molecule has 0 aromatic heterocycles. The van der Waals surface area contributed by atoms with Gasteiger partial charge in [0, 0.05) is 12.1 Å². The largest absolute Gasteiger partial charge is 0.317 e. The SMILES string of the molecule is C#CCN(C(C)C)C1CCNCC1. The van der Waals surface area contributed by atoms with Crippen LogP contribution in [0, 0.1) is 12.3 Å². The lowest BCUT2D eigenvalue weighted by Crippen LogP contribution is -2.46. The van der Waals surface area contributed by atoms with E-state index in [1.807, 2.05) is 0 Å². The number of nitrogens with zero attached hydrogens (tertiary/aromatic N) is 1. The fraction of sp³-hybridized carbons (Fsp3) is 0.818. The Hall–Kier alpha value is -0.520. The Morgan fingerprint density at radius 1 is 1.46 bits per heavy atom. The van der Waals surface area contributed by atoms with E-state index in [-0.39, 0.29) is 0 Å². The van der Waals surface area contributed by atoms with Crippen molar-refractivity contribution in [2.75, 3.05) is 19.6 Å². The maximum atomic E-state index is 5.37. The number of hydrogen-bond acceptors (Lipinski definition) is 2. The van der Waals surface area contributed by atoms with Gasteiger partial charge in [0.15, 0.2) is 0 Å². The van der Waals surface area contributed by atoms with Gasteiger partial charge in [-0.1, -0.05) is 5.92 Å². The summed E-state index contributed by atoms with van der Waals surface area (Å²) in [5, 5.41) is 3.37. The van der Waals surface area contributed by atoms with Gasteiger partial charge in [0.25, 0.3) is 0 Å². The highest BCUT2D eigenvalue weighted by molar-refractivity contribution is 4.92. The van der Waals surface area contributed by atoms with E-state index in [4.69, 9.17) is 6.42 Å². The lowest BCUT2D eigenvalue weighted by atomic mass is 10.0. The molecule has 1 fully saturated rings. The summed E-state index contributed by atoms with van der Waals surface area (Å²) in [6.07, 6.45) is 7.84. The van der Waals surface area contributed by atoms with Crippen molar-refractivity contribution in [3.05, 3.63) is 0 Å². The molecule has 0 saturated carbocycles. The summed E-state index contributed by atoms with van der Waals surface area (Å²) < 4.78 is 0. The van der Waals surface area contributed by atoms with Crippen molar-refractivity contribution in [1.82, 2.24) is 10.2 Å². The lowest BCUT2D eigenvalue weighted by molar-refractivity contribution is 0.144. The molecule has 1 N–H and O–H groups in total. The Balaban J connectivity index is 2.47. The van der Waals surface area contributed by atoms with Gasteiger partial charge in [0.1, 0.15) is 0 Å². The van der Waals surface area contributed by atoms with Crippen molar-refractivity contribution in [2.24, 2.45) is 0 Å². The van der Waals surface area contributed by atoms with Crippen molar-refractivity contribution in [3.63, 3.8) is 0 Å². The second-order valence-corrected chi connectivity index (χ2v) is 3.95. The number of piperidine rings is 1. The monoisotopic (exact) mass is 180 g/mol. The van der Waals surface area contributed by atoms with Crippen LogP contribution in [0.25, 0.3) is 0 Å². The summed E-state index contributed by atoms with van der Waals surface area (Å²) in [4.78, 5) is 2.43. The molecule has 2 heteroatoms. The van der Waals surface area contributed by atoms with Crippen molar-refractivity contribution in [1.29, 1.82) is 0 Å². The molecule has 0 amide bonds. The Kier molecular flexibility index (Phi) is 4.27. The molecule has 1 heterocycles. The number of hydrogen-bond donors (Lipinski definition) is 1. The van der Waals surface area contributed by atoms with E-state index in [2.05, 4.69) is 30.0 Å². The fourth-order valence-electron chi connectivity index (χ4n) is 1.98. The van der Waals surface area contributed by atoms with Crippen molar-refractivity contribution >= 4 is 0 Å². The molecule has 0 bridgehead atoms. The first-order valence-corrected chi connectivity index (χ1v) is 5.15. The van der Waals surface area contributed by atoms with Gasteiger partial charge in [-0.3, -0.25) is 4.90 Å². The lowest BCUT2D eigenvalue weighted by Gasteiger charge is -2.36. The van der Waals surface area contributed by atoms with Gasteiger partial charge in [-0.2, -0.15) is 0 Å². The highest BCUT2D eigenvalue weighted by Gasteiger charge is 2.21. The van der Waals surface area contributed by atoms with Gasteiger partial charge < -0.3 is 5.32 Å². The van der Waals surface area contributed by atoms with Crippen LogP contribution in [0.2, 0.25) is 0 Å². The summed E-state index contributed by atoms with van der Waals surface area (Å²) in [6, 6.07) is 1.26. The van der Waals surface area contributed by atoms with E-state index in [0.29, 0.717) is 12.1 Å². The van der Waals surface area contributed by atoms with Crippen LogP contribution in [0.5, 0.6) is 0 Å². The summed E-state index contributed by atoms with van der Waals surface area (Å²) in [7, 11) is 0. The van der Waals surface area contributed by atoms with Crippen molar-refractivity contribution < 1.29 is 0 Å². The van der Waals surface area contributed by atoms with Gasteiger partial charge >= 0.3 is 0 Å². The molecule has 0 spiro atoms. The van der Waals surface area contributed by atoms with Crippen LogP contribution < -0.4 is 5.32 Å².